The molecule has 0 bridgehead atoms. The van der Waals surface area contributed by atoms with E-state index in [2.05, 4.69) is 6.92 Å². The molecule has 1 unspecified atom stereocenters. The summed E-state index contributed by atoms with van der Waals surface area (Å²) in [6.07, 6.45) is 8.87. The first kappa shape index (κ1) is 15.1. The van der Waals surface area contributed by atoms with Gasteiger partial charge in [0.25, 0.3) is 0 Å². The van der Waals surface area contributed by atoms with E-state index in [-0.39, 0.29) is 23.5 Å². The van der Waals surface area contributed by atoms with Gasteiger partial charge in [0, 0.05) is 18.4 Å². The second-order valence-electron chi connectivity index (χ2n) is 8.89. The van der Waals surface area contributed by atoms with E-state index in [0.29, 0.717) is 29.5 Å². The lowest BCUT2D eigenvalue weighted by Gasteiger charge is -2.60. The molecule has 0 aliphatic heterocycles. The van der Waals surface area contributed by atoms with Crippen molar-refractivity contribution >= 4 is 5.78 Å². The monoisotopic (exact) mass is 306 g/mol. The molecule has 4 saturated carbocycles. The number of hydrogen-bond donors (Lipinski definition) is 2. The molecule has 0 aromatic rings. The standard InChI is InChI=1S/C19H30O3/c1-18-8-7-16-14(15(18)4-5-17(18)22)3-2-12-10-13(21)6-9-19(12,16)11-20/h12-16,20-21H,2-11H2,1H3/t12-,13?,14+,15+,16+,18+,19-/m1/s1. The van der Waals surface area contributed by atoms with Crippen molar-refractivity contribution < 1.29 is 15.0 Å². The quantitative estimate of drug-likeness (QED) is 0.783. The Labute approximate surface area is 133 Å². The molecule has 0 aromatic heterocycles. The predicted molar refractivity (Wildman–Crippen MR) is 84.2 cm³/mol. The Kier molecular flexibility index (Phi) is 3.47. The molecule has 0 saturated heterocycles. The SMILES string of the molecule is C[C@]12CC[C@H]3[C@@H](CC[C@@H]4CC(O)CC[C@@]43CO)[C@@H]1CCC2=O. The summed E-state index contributed by atoms with van der Waals surface area (Å²) < 4.78 is 0. The highest BCUT2D eigenvalue weighted by Crippen LogP contribution is 2.65. The lowest BCUT2D eigenvalue weighted by Crippen LogP contribution is -2.56. The fraction of sp³-hybridized carbons (Fsp3) is 0.947. The third kappa shape index (κ3) is 1.84. The van der Waals surface area contributed by atoms with Crippen molar-refractivity contribution in [2.75, 3.05) is 6.61 Å². The van der Waals surface area contributed by atoms with Crippen LogP contribution in [0.1, 0.15) is 64.7 Å². The highest BCUT2D eigenvalue weighted by Gasteiger charge is 2.61. The minimum absolute atomic E-state index is 0.0368. The highest BCUT2D eigenvalue weighted by molar-refractivity contribution is 5.87. The molecule has 4 fully saturated rings. The molecule has 0 amide bonds. The lowest BCUT2D eigenvalue weighted by atomic mass is 9.45. The van der Waals surface area contributed by atoms with Gasteiger partial charge in [0.1, 0.15) is 5.78 Å². The maximum absolute atomic E-state index is 12.4. The smallest absolute Gasteiger partial charge is 0.139 e. The minimum atomic E-state index is -0.164. The second-order valence-corrected chi connectivity index (χ2v) is 8.89. The molecule has 22 heavy (non-hydrogen) atoms. The van der Waals surface area contributed by atoms with Crippen LogP contribution >= 0.6 is 0 Å². The molecule has 124 valence electrons. The van der Waals surface area contributed by atoms with Gasteiger partial charge in [0.2, 0.25) is 0 Å². The first-order valence-electron chi connectivity index (χ1n) is 9.33. The predicted octanol–water partition coefficient (Wildman–Crippen LogP) is 2.93. The summed E-state index contributed by atoms with van der Waals surface area (Å²) in [4.78, 5) is 12.4. The van der Waals surface area contributed by atoms with Gasteiger partial charge in [-0.25, -0.2) is 0 Å². The van der Waals surface area contributed by atoms with E-state index in [1.54, 1.807) is 0 Å². The number of aliphatic hydroxyl groups is 2. The van der Waals surface area contributed by atoms with Gasteiger partial charge < -0.3 is 10.2 Å². The van der Waals surface area contributed by atoms with Crippen molar-refractivity contribution in [3.05, 3.63) is 0 Å². The topological polar surface area (TPSA) is 57.5 Å². The number of ketones is 1. The molecule has 7 atom stereocenters. The molecule has 3 heteroatoms. The van der Waals surface area contributed by atoms with E-state index in [1.807, 2.05) is 0 Å². The molecule has 2 N–H and O–H groups in total. The molecule has 4 aliphatic carbocycles. The van der Waals surface area contributed by atoms with E-state index >= 15 is 0 Å². The van der Waals surface area contributed by atoms with E-state index in [1.165, 1.54) is 6.42 Å². The summed E-state index contributed by atoms with van der Waals surface area (Å²) in [5, 5.41) is 20.4. The van der Waals surface area contributed by atoms with Crippen LogP contribution in [-0.2, 0) is 4.79 Å². The number of carbonyl (C=O) groups excluding carboxylic acids is 1. The molecular formula is C19H30O3. The molecule has 4 aliphatic rings. The molecule has 0 radical (unpaired) electrons. The summed E-state index contributed by atoms with van der Waals surface area (Å²) >= 11 is 0. The lowest BCUT2D eigenvalue weighted by molar-refractivity contribution is -0.156. The average Bonchev–Trinajstić information content (AvgIpc) is 2.82. The molecule has 4 rings (SSSR count). The minimum Gasteiger partial charge on any atom is -0.396 e. The van der Waals surface area contributed by atoms with Crippen LogP contribution in [0.25, 0.3) is 0 Å². The van der Waals surface area contributed by atoms with Crippen LogP contribution in [0.5, 0.6) is 0 Å². The van der Waals surface area contributed by atoms with Crippen LogP contribution < -0.4 is 0 Å². The number of rotatable bonds is 1. The van der Waals surface area contributed by atoms with E-state index < -0.39 is 0 Å². The van der Waals surface area contributed by atoms with E-state index in [0.717, 1.165) is 51.4 Å². The zero-order valence-electron chi connectivity index (χ0n) is 13.8. The summed E-state index contributed by atoms with van der Waals surface area (Å²) in [6, 6.07) is 0. The molecule has 3 nitrogen and oxygen atoms in total. The maximum atomic E-state index is 12.4. The van der Waals surface area contributed by atoms with Crippen molar-refractivity contribution in [3.63, 3.8) is 0 Å². The van der Waals surface area contributed by atoms with Gasteiger partial charge in [-0.15, -0.1) is 0 Å². The Balaban J connectivity index is 1.66. The van der Waals surface area contributed by atoms with Crippen LogP contribution in [0, 0.1) is 34.5 Å². The fourth-order valence-electron chi connectivity index (χ4n) is 7.11. The van der Waals surface area contributed by atoms with Gasteiger partial charge in [0.05, 0.1) is 6.10 Å². The van der Waals surface area contributed by atoms with Crippen molar-refractivity contribution in [2.24, 2.45) is 34.5 Å². The molecule has 0 aromatic carbocycles. The number of fused-ring (bicyclic) bond motifs is 5. The largest absolute Gasteiger partial charge is 0.396 e. The summed E-state index contributed by atoms with van der Waals surface area (Å²) in [5.41, 5.74) is -0.0338. The van der Waals surface area contributed by atoms with Crippen molar-refractivity contribution in [2.45, 2.75) is 70.8 Å². The second kappa shape index (κ2) is 5.04. The van der Waals surface area contributed by atoms with Crippen LogP contribution in [0.4, 0.5) is 0 Å². The van der Waals surface area contributed by atoms with Crippen LogP contribution in [0.3, 0.4) is 0 Å². The number of aliphatic hydroxyl groups excluding tert-OH is 2. The van der Waals surface area contributed by atoms with E-state index in [9.17, 15) is 15.0 Å². The van der Waals surface area contributed by atoms with Crippen LogP contribution in [0.2, 0.25) is 0 Å². The van der Waals surface area contributed by atoms with Gasteiger partial charge in [-0.2, -0.15) is 0 Å². The maximum Gasteiger partial charge on any atom is 0.139 e. The number of Topliss-reactive ketones (excluding diaryl/α,β-unsaturated/α-hetero) is 1. The van der Waals surface area contributed by atoms with Gasteiger partial charge in [-0.3, -0.25) is 4.79 Å². The van der Waals surface area contributed by atoms with Crippen LogP contribution in [-0.4, -0.2) is 28.7 Å². The normalized spacial score (nSPS) is 54.5. The van der Waals surface area contributed by atoms with Gasteiger partial charge in [-0.1, -0.05) is 6.92 Å². The van der Waals surface area contributed by atoms with Crippen molar-refractivity contribution in [1.82, 2.24) is 0 Å². The summed E-state index contributed by atoms with van der Waals surface area (Å²) in [6.45, 7) is 2.49. The highest BCUT2D eigenvalue weighted by atomic mass is 16.3. The van der Waals surface area contributed by atoms with E-state index in [4.69, 9.17) is 0 Å². The molecule has 0 spiro atoms. The average molecular weight is 306 g/mol. The zero-order chi connectivity index (χ0) is 15.5. The molecular weight excluding hydrogens is 276 g/mol. The van der Waals surface area contributed by atoms with Gasteiger partial charge >= 0.3 is 0 Å². The first-order valence-corrected chi connectivity index (χ1v) is 9.33. The summed E-state index contributed by atoms with van der Waals surface area (Å²) in [5.74, 6) is 2.74. The Bertz CT molecular complexity index is 475. The third-order valence-electron chi connectivity index (χ3n) is 8.34. The third-order valence-corrected chi connectivity index (χ3v) is 8.34. The van der Waals surface area contributed by atoms with Crippen molar-refractivity contribution in [3.8, 4) is 0 Å². The number of carbonyl (C=O) groups is 1. The van der Waals surface area contributed by atoms with Gasteiger partial charge in [0.15, 0.2) is 0 Å². The Hall–Kier alpha value is -0.410. The van der Waals surface area contributed by atoms with Crippen molar-refractivity contribution in [1.29, 1.82) is 0 Å². The molecule has 0 heterocycles. The fourth-order valence-corrected chi connectivity index (χ4v) is 7.11. The van der Waals surface area contributed by atoms with Gasteiger partial charge in [-0.05, 0) is 80.5 Å². The Morgan fingerprint density at radius 2 is 1.91 bits per heavy atom. The van der Waals surface area contributed by atoms with Crippen LogP contribution in [0.15, 0.2) is 0 Å². The Morgan fingerprint density at radius 1 is 1.09 bits per heavy atom. The zero-order valence-corrected chi connectivity index (χ0v) is 13.8. The summed E-state index contributed by atoms with van der Waals surface area (Å²) in [7, 11) is 0. The Morgan fingerprint density at radius 3 is 2.68 bits per heavy atom. The first-order chi connectivity index (χ1) is 10.5. The number of hydrogen-bond acceptors (Lipinski definition) is 3.